The van der Waals surface area contributed by atoms with Crippen molar-refractivity contribution in [2.24, 2.45) is 0 Å². The fourth-order valence-corrected chi connectivity index (χ4v) is 1.60. The fraction of sp³-hybridized carbons (Fsp3) is 0.143. The lowest BCUT2D eigenvalue weighted by Crippen LogP contribution is -2.08. The average molecular weight is 231 g/mol. The van der Waals surface area contributed by atoms with E-state index in [1.54, 1.807) is 19.2 Å². The third kappa shape index (κ3) is 2.82. The summed E-state index contributed by atoms with van der Waals surface area (Å²) in [5, 5.41) is 2.93. The smallest absolute Gasteiger partial charge is 0.134 e. The highest BCUT2D eigenvalue weighted by molar-refractivity contribution is 5.38. The van der Waals surface area contributed by atoms with Gasteiger partial charge in [-0.3, -0.25) is 0 Å². The van der Waals surface area contributed by atoms with Crippen LogP contribution in [0.15, 0.2) is 48.5 Å². The number of ether oxygens (including phenoxy) is 1. The minimum absolute atomic E-state index is 0.257. The molecular weight excluding hydrogens is 217 g/mol. The van der Waals surface area contributed by atoms with Crippen LogP contribution < -0.4 is 10.1 Å². The van der Waals surface area contributed by atoms with E-state index in [9.17, 15) is 4.39 Å². The molecule has 2 nitrogen and oxygen atoms in total. The summed E-state index contributed by atoms with van der Waals surface area (Å²) in [6.45, 7) is 0.439. The minimum Gasteiger partial charge on any atom is -0.457 e. The predicted octanol–water partition coefficient (Wildman–Crippen LogP) is 3.34. The van der Waals surface area contributed by atoms with Crippen molar-refractivity contribution in [2.45, 2.75) is 6.54 Å². The van der Waals surface area contributed by atoms with Gasteiger partial charge in [0.25, 0.3) is 0 Å². The molecule has 2 rings (SSSR count). The fourth-order valence-electron chi connectivity index (χ4n) is 1.60. The Labute approximate surface area is 100 Å². The van der Waals surface area contributed by atoms with E-state index >= 15 is 0 Å². The van der Waals surface area contributed by atoms with Crippen LogP contribution in [0.3, 0.4) is 0 Å². The maximum atomic E-state index is 13.6. The van der Waals surface area contributed by atoms with Gasteiger partial charge < -0.3 is 10.1 Å². The highest BCUT2D eigenvalue weighted by Gasteiger charge is 2.09. The van der Waals surface area contributed by atoms with Gasteiger partial charge in [-0.05, 0) is 31.3 Å². The average Bonchev–Trinajstić information content (AvgIpc) is 2.35. The summed E-state index contributed by atoms with van der Waals surface area (Å²) in [4.78, 5) is 0. The molecule has 0 saturated heterocycles. The van der Waals surface area contributed by atoms with E-state index in [0.29, 0.717) is 23.6 Å². The second kappa shape index (κ2) is 5.46. The van der Waals surface area contributed by atoms with Crippen LogP contribution in [0.25, 0.3) is 0 Å². The van der Waals surface area contributed by atoms with E-state index in [-0.39, 0.29) is 5.82 Å². The van der Waals surface area contributed by atoms with E-state index in [1.807, 2.05) is 30.3 Å². The first-order chi connectivity index (χ1) is 8.31. The Morgan fingerprint density at radius 1 is 1.06 bits per heavy atom. The summed E-state index contributed by atoms with van der Waals surface area (Å²) < 4.78 is 19.3. The number of nitrogens with one attached hydrogen (secondary N) is 1. The van der Waals surface area contributed by atoms with Crippen LogP contribution in [0.2, 0.25) is 0 Å². The van der Waals surface area contributed by atoms with Crippen molar-refractivity contribution in [1.29, 1.82) is 0 Å². The molecule has 0 aliphatic rings. The summed E-state index contributed by atoms with van der Waals surface area (Å²) in [6, 6.07) is 14.2. The highest BCUT2D eigenvalue weighted by Crippen LogP contribution is 2.26. The van der Waals surface area contributed by atoms with Crippen molar-refractivity contribution < 1.29 is 9.13 Å². The lowest BCUT2D eigenvalue weighted by atomic mass is 10.2. The van der Waals surface area contributed by atoms with Crippen molar-refractivity contribution in [3.05, 3.63) is 59.9 Å². The normalized spacial score (nSPS) is 10.2. The van der Waals surface area contributed by atoms with Crippen LogP contribution in [-0.4, -0.2) is 7.05 Å². The van der Waals surface area contributed by atoms with Crippen molar-refractivity contribution >= 4 is 0 Å². The molecule has 2 aromatic rings. The van der Waals surface area contributed by atoms with Gasteiger partial charge in [0.2, 0.25) is 0 Å². The molecule has 1 N–H and O–H groups in total. The zero-order valence-electron chi connectivity index (χ0n) is 9.61. The maximum Gasteiger partial charge on any atom is 0.134 e. The van der Waals surface area contributed by atoms with Gasteiger partial charge in [0.05, 0.1) is 0 Å². The molecule has 0 spiro atoms. The van der Waals surface area contributed by atoms with Crippen molar-refractivity contribution in [2.75, 3.05) is 7.05 Å². The Hall–Kier alpha value is -1.87. The first kappa shape index (κ1) is 11.6. The van der Waals surface area contributed by atoms with Crippen LogP contribution in [0, 0.1) is 5.82 Å². The molecule has 0 amide bonds. The van der Waals surface area contributed by atoms with E-state index < -0.39 is 0 Å². The molecule has 0 heterocycles. The topological polar surface area (TPSA) is 21.3 Å². The number of para-hydroxylation sites is 1. The van der Waals surface area contributed by atoms with Gasteiger partial charge >= 0.3 is 0 Å². The van der Waals surface area contributed by atoms with Crippen LogP contribution in [0.4, 0.5) is 4.39 Å². The van der Waals surface area contributed by atoms with Gasteiger partial charge in [-0.2, -0.15) is 0 Å². The molecule has 0 radical (unpaired) electrons. The third-order valence-electron chi connectivity index (χ3n) is 2.40. The molecule has 17 heavy (non-hydrogen) atoms. The minimum atomic E-state index is -0.257. The molecule has 0 unspecified atom stereocenters. The number of hydrogen-bond donors (Lipinski definition) is 1. The largest absolute Gasteiger partial charge is 0.457 e. The number of rotatable bonds is 4. The van der Waals surface area contributed by atoms with Crippen LogP contribution >= 0.6 is 0 Å². The molecule has 0 fully saturated rings. The molecule has 0 aliphatic carbocycles. The Balaban J connectivity index is 2.29. The van der Waals surface area contributed by atoms with Crippen LogP contribution in [-0.2, 0) is 6.54 Å². The van der Waals surface area contributed by atoms with E-state index in [0.717, 1.165) is 0 Å². The monoisotopic (exact) mass is 231 g/mol. The second-order valence-corrected chi connectivity index (χ2v) is 3.66. The third-order valence-corrected chi connectivity index (χ3v) is 2.40. The first-order valence-corrected chi connectivity index (χ1v) is 5.46. The summed E-state index contributed by atoms with van der Waals surface area (Å²) in [7, 11) is 1.78. The molecule has 88 valence electrons. The zero-order chi connectivity index (χ0) is 12.1. The first-order valence-electron chi connectivity index (χ1n) is 5.46. The lowest BCUT2D eigenvalue weighted by Gasteiger charge is -2.11. The van der Waals surface area contributed by atoms with Crippen molar-refractivity contribution in [1.82, 2.24) is 5.32 Å². The van der Waals surface area contributed by atoms with E-state index in [4.69, 9.17) is 4.74 Å². The summed E-state index contributed by atoms with van der Waals surface area (Å²) in [6.07, 6.45) is 0. The summed E-state index contributed by atoms with van der Waals surface area (Å²) >= 11 is 0. The zero-order valence-corrected chi connectivity index (χ0v) is 9.61. The van der Waals surface area contributed by atoms with Gasteiger partial charge in [0.15, 0.2) is 0 Å². The molecule has 0 saturated carbocycles. The number of hydrogen-bond acceptors (Lipinski definition) is 2. The molecule has 3 heteroatoms. The summed E-state index contributed by atoms with van der Waals surface area (Å²) in [5.74, 6) is 0.994. The van der Waals surface area contributed by atoms with Crippen LogP contribution in [0.1, 0.15) is 5.56 Å². The van der Waals surface area contributed by atoms with Gasteiger partial charge in [-0.1, -0.05) is 24.3 Å². The lowest BCUT2D eigenvalue weighted by molar-refractivity contribution is 0.464. The Morgan fingerprint density at radius 3 is 2.53 bits per heavy atom. The molecule has 2 aromatic carbocycles. The van der Waals surface area contributed by atoms with Gasteiger partial charge in [-0.15, -0.1) is 0 Å². The Bertz CT molecular complexity index is 485. The molecule has 0 bridgehead atoms. The molecule has 0 aliphatic heterocycles. The maximum absolute atomic E-state index is 13.6. The molecular formula is C14H14FNO. The Morgan fingerprint density at radius 2 is 1.82 bits per heavy atom. The van der Waals surface area contributed by atoms with Gasteiger partial charge in [-0.25, -0.2) is 4.39 Å². The predicted molar refractivity (Wildman–Crippen MR) is 65.7 cm³/mol. The number of halogens is 1. The van der Waals surface area contributed by atoms with E-state index in [2.05, 4.69) is 5.32 Å². The standard InChI is InChI=1S/C14H14FNO/c1-16-10-12-13(15)8-5-9-14(12)17-11-6-3-2-4-7-11/h2-9,16H,10H2,1H3. The van der Waals surface area contributed by atoms with Gasteiger partial charge in [0, 0.05) is 12.1 Å². The second-order valence-electron chi connectivity index (χ2n) is 3.66. The quantitative estimate of drug-likeness (QED) is 0.871. The van der Waals surface area contributed by atoms with Crippen molar-refractivity contribution in [3.8, 4) is 11.5 Å². The molecule has 0 atom stereocenters. The van der Waals surface area contributed by atoms with Gasteiger partial charge in [0.1, 0.15) is 17.3 Å². The Kier molecular flexibility index (Phi) is 3.73. The molecule has 0 aromatic heterocycles. The summed E-state index contributed by atoms with van der Waals surface area (Å²) in [5.41, 5.74) is 0.541. The number of benzene rings is 2. The van der Waals surface area contributed by atoms with E-state index in [1.165, 1.54) is 6.07 Å². The highest BCUT2D eigenvalue weighted by atomic mass is 19.1. The van der Waals surface area contributed by atoms with Crippen molar-refractivity contribution in [3.63, 3.8) is 0 Å². The SMILES string of the molecule is CNCc1c(F)cccc1Oc1ccccc1. The van der Waals surface area contributed by atoms with Crippen LogP contribution in [0.5, 0.6) is 11.5 Å².